The quantitative estimate of drug-likeness (QED) is 0.709. The molecule has 1 saturated heterocycles. The Hall–Kier alpha value is -2.21. The zero-order valence-electron chi connectivity index (χ0n) is 18.5. The second kappa shape index (κ2) is 8.88. The first kappa shape index (κ1) is 22.5. The molecule has 30 heavy (non-hydrogen) atoms. The fraction of sp³-hybridized carbons (Fsp3) is 0.565. The number of fused-ring (bicyclic) bond motifs is 1. The number of benzene rings is 1. The Balaban J connectivity index is 1.68. The molecule has 1 atom stereocenters. The summed E-state index contributed by atoms with van der Waals surface area (Å²) in [5.41, 5.74) is 0.896. The molecule has 1 N–H and O–H groups in total. The number of aromatic nitrogens is 1. The number of nitrogens with one attached hydrogen (secondary N) is 1. The van der Waals surface area contributed by atoms with Crippen LogP contribution in [0.2, 0.25) is 5.02 Å². The van der Waals surface area contributed by atoms with E-state index in [1.165, 1.54) is 0 Å². The van der Waals surface area contributed by atoms with Crippen LogP contribution in [0.3, 0.4) is 0 Å². The number of nitrogens with zero attached hydrogens (tertiary/aromatic N) is 2. The first-order valence-corrected chi connectivity index (χ1v) is 11.0. The lowest BCUT2D eigenvalue weighted by Gasteiger charge is -2.37. The predicted octanol–water partition coefficient (Wildman–Crippen LogP) is 5.32. The van der Waals surface area contributed by atoms with Crippen LogP contribution in [0.5, 0.6) is 0 Å². The third-order valence-electron chi connectivity index (χ3n) is 5.33. The van der Waals surface area contributed by atoms with Crippen molar-refractivity contribution >= 4 is 34.5 Å². The van der Waals surface area contributed by atoms with Gasteiger partial charge in [-0.1, -0.05) is 17.7 Å². The Morgan fingerprint density at radius 3 is 2.70 bits per heavy atom. The van der Waals surface area contributed by atoms with Crippen LogP contribution in [0.4, 0.5) is 4.79 Å². The molecule has 1 unspecified atom stereocenters. The second-order valence-electron chi connectivity index (χ2n) is 9.40. The largest absolute Gasteiger partial charge is 0.444 e. The molecule has 1 aliphatic heterocycles. The number of hydrogen-bond donors (Lipinski definition) is 1. The molecule has 1 aromatic heterocycles. The number of hydrogen-bond acceptors (Lipinski definition) is 3. The summed E-state index contributed by atoms with van der Waals surface area (Å²) in [6, 6.07) is 7.46. The molecule has 0 aliphatic carbocycles. The fourth-order valence-electron chi connectivity index (χ4n) is 3.88. The smallest absolute Gasteiger partial charge is 0.410 e. The normalized spacial score (nSPS) is 17.4. The molecular weight excluding hydrogens is 402 g/mol. The van der Waals surface area contributed by atoms with E-state index in [9.17, 15) is 9.59 Å². The van der Waals surface area contributed by atoms with Crippen molar-refractivity contribution < 1.29 is 14.3 Å². The minimum atomic E-state index is -0.530. The molecule has 0 spiro atoms. The number of piperidine rings is 1. The third kappa shape index (κ3) is 5.48. The van der Waals surface area contributed by atoms with Crippen LogP contribution >= 0.6 is 11.6 Å². The van der Waals surface area contributed by atoms with Gasteiger partial charge in [-0.05, 0) is 71.6 Å². The zero-order valence-corrected chi connectivity index (χ0v) is 19.3. The topological polar surface area (TPSA) is 65.6 Å². The van der Waals surface area contributed by atoms with Gasteiger partial charge >= 0.3 is 6.09 Å². The number of likely N-dealkylation sites (tertiary alicyclic amines) is 1. The van der Waals surface area contributed by atoms with Crippen LogP contribution in [-0.4, -0.2) is 58.1 Å². The summed E-state index contributed by atoms with van der Waals surface area (Å²) in [5, 5.41) is 1.60. The van der Waals surface area contributed by atoms with Crippen LogP contribution in [0.15, 0.2) is 24.3 Å². The minimum absolute atomic E-state index is 0.0135. The van der Waals surface area contributed by atoms with E-state index in [0.717, 1.165) is 30.3 Å². The lowest BCUT2D eigenvalue weighted by Crippen LogP contribution is -2.48. The average Bonchev–Trinajstić information content (AvgIpc) is 3.07. The Kier molecular flexibility index (Phi) is 6.65. The van der Waals surface area contributed by atoms with Crippen molar-refractivity contribution in [3.05, 3.63) is 35.0 Å². The van der Waals surface area contributed by atoms with E-state index < -0.39 is 5.60 Å². The molecule has 1 fully saturated rings. The van der Waals surface area contributed by atoms with E-state index in [0.29, 0.717) is 23.8 Å². The molecule has 1 aromatic carbocycles. The molecular formula is C23H32ClN3O3. The van der Waals surface area contributed by atoms with Crippen LogP contribution in [0.25, 0.3) is 10.9 Å². The summed E-state index contributed by atoms with van der Waals surface area (Å²) in [6.45, 7) is 11.5. The SMILES string of the molecule is CC(C)N(CC1CCCN(C(=O)c2cc3ccc(Cl)cc3[nH]2)C1)C(=O)OC(C)(C)C. The number of carbonyl (C=O) groups is 2. The van der Waals surface area contributed by atoms with Crippen LogP contribution in [0.1, 0.15) is 57.9 Å². The van der Waals surface area contributed by atoms with Crippen molar-refractivity contribution in [2.24, 2.45) is 5.92 Å². The monoisotopic (exact) mass is 433 g/mol. The number of amides is 2. The fourth-order valence-corrected chi connectivity index (χ4v) is 4.05. The van der Waals surface area contributed by atoms with Crippen molar-refractivity contribution in [1.29, 1.82) is 0 Å². The highest BCUT2D eigenvalue weighted by Crippen LogP contribution is 2.24. The van der Waals surface area contributed by atoms with Gasteiger partial charge in [0.2, 0.25) is 0 Å². The summed E-state index contributed by atoms with van der Waals surface area (Å²) in [5.74, 6) is 0.205. The van der Waals surface area contributed by atoms with Crippen molar-refractivity contribution in [2.75, 3.05) is 19.6 Å². The van der Waals surface area contributed by atoms with Crippen molar-refractivity contribution in [3.63, 3.8) is 0 Å². The van der Waals surface area contributed by atoms with Gasteiger partial charge < -0.3 is 19.5 Å². The standard InChI is InChI=1S/C23H32ClN3O3/c1-15(2)27(22(29)30-23(3,4)5)14-16-7-6-10-26(13-16)21(28)20-11-17-8-9-18(24)12-19(17)25-20/h8-9,11-12,15-16,25H,6-7,10,13-14H2,1-5H3. The zero-order chi connectivity index (χ0) is 22.1. The van der Waals surface area contributed by atoms with E-state index in [4.69, 9.17) is 16.3 Å². The first-order valence-electron chi connectivity index (χ1n) is 10.6. The van der Waals surface area contributed by atoms with Crippen molar-refractivity contribution in [1.82, 2.24) is 14.8 Å². The van der Waals surface area contributed by atoms with Crippen molar-refractivity contribution in [3.8, 4) is 0 Å². The van der Waals surface area contributed by atoms with Gasteiger partial charge in [0.1, 0.15) is 11.3 Å². The van der Waals surface area contributed by atoms with Gasteiger partial charge in [0.05, 0.1) is 0 Å². The average molecular weight is 434 g/mol. The number of carbonyl (C=O) groups excluding carboxylic acids is 2. The predicted molar refractivity (Wildman–Crippen MR) is 120 cm³/mol. The number of ether oxygens (including phenoxy) is 1. The van der Waals surface area contributed by atoms with Gasteiger partial charge in [-0.2, -0.15) is 0 Å². The van der Waals surface area contributed by atoms with Gasteiger partial charge in [0.15, 0.2) is 0 Å². The summed E-state index contributed by atoms with van der Waals surface area (Å²) in [4.78, 5) is 32.6. The van der Waals surface area contributed by atoms with E-state index in [1.807, 2.05) is 63.8 Å². The maximum absolute atomic E-state index is 13.1. The molecule has 0 saturated carbocycles. The first-order chi connectivity index (χ1) is 14.0. The van der Waals surface area contributed by atoms with Crippen LogP contribution in [0, 0.1) is 5.92 Å². The van der Waals surface area contributed by atoms with Crippen LogP contribution < -0.4 is 0 Å². The molecule has 2 amide bonds. The molecule has 1 aliphatic rings. The van der Waals surface area contributed by atoms with Crippen LogP contribution in [-0.2, 0) is 4.74 Å². The number of rotatable bonds is 4. The molecule has 164 valence electrons. The summed E-state index contributed by atoms with van der Waals surface area (Å²) in [6.07, 6.45) is 1.61. The van der Waals surface area contributed by atoms with Gasteiger partial charge in [0, 0.05) is 41.6 Å². The Labute approximate surface area is 183 Å². The number of aromatic amines is 1. The molecule has 6 nitrogen and oxygen atoms in total. The number of H-pyrrole nitrogens is 1. The summed E-state index contributed by atoms with van der Waals surface area (Å²) < 4.78 is 5.58. The molecule has 7 heteroatoms. The second-order valence-corrected chi connectivity index (χ2v) is 9.84. The highest BCUT2D eigenvalue weighted by molar-refractivity contribution is 6.31. The Bertz CT molecular complexity index is 916. The van der Waals surface area contributed by atoms with Gasteiger partial charge in [-0.25, -0.2) is 4.79 Å². The summed E-state index contributed by atoms with van der Waals surface area (Å²) >= 11 is 6.06. The third-order valence-corrected chi connectivity index (χ3v) is 5.56. The van der Waals surface area contributed by atoms with E-state index in [-0.39, 0.29) is 24.0 Å². The lowest BCUT2D eigenvalue weighted by atomic mass is 9.96. The highest BCUT2D eigenvalue weighted by atomic mass is 35.5. The molecule has 2 aromatic rings. The molecule has 2 heterocycles. The number of halogens is 1. The maximum atomic E-state index is 13.1. The minimum Gasteiger partial charge on any atom is -0.444 e. The molecule has 0 radical (unpaired) electrons. The van der Waals surface area contributed by atoms with Gasteiger partial charge in [-0.15, -0.1) is 0 Å². The van der Waals surface area contributed by atoms with E-state index >= 15 is 0 Å². The van der Waals surface area contributed by atoms with E-state index in [1.54, 1.807) is 4.90 Å². The highest BCUT2D eigenvalue weighted by Gasteiger charge is 2.30. The lowest BCUT2D eigenvalue weighted by molar-refractivity contribution is 0.0123. The molecule has 3 rings (SSSR count). The van der Waals surface area contributed by atoms with Gasteiger partial charge in [-0.3, -0.25) is 4.79 Å². The Morgan fingerprint density at radius 2 is 2.03 bits per heavy atom. The Morgan fingerprint density at radius 1 is 1.30 bits per heavy atom. The van der Waals surface area contributed by atoms with E-state index in [2.05, 4.69) is 4.98 Å². The van der Waals surface area contributed by atoms with Gasteiger partial charge in [0.25, 0.3) is 5.91 Å². The summed E-state index contributed by atoms with van der Waals surface area (Å²) in [7, 11) is 0. The molecule has 0 bridgehead atoms. The van der Waals surface area contributed by atoms with Crippen molar-refractivity contribution in [2.45, 2.75) is 59.1 Å². The maximum Gasteiger partial charge on any atom is 0.410 e.